The third kappa shape index (κ3) is 7.42. The van der Waals surface area contributed by atoms with Crippen LogP contribution in [0.15, 0.2) is 18.2 Å². The number of hydrogen-bond acceptors (Lipinski definition) is 5. The third-order valence-corrected chi connectivity index (χ3v) is 5.80. The molecule has 1 aliphatic heterocycles. The van der Waals surface area contributed by atoms with Crippen molar-refractivity contribution in [2.24, 2.45) is 11.3 Å². The Hall–Kier alpha value is -2.28. The van der Waals surface area contributed by atoms with Gasteiger partial charge in [-0.05, 0) is 50.4 Å². The highest BCUT2D eigenvalue weighted by Crippen LogP contribution is 2.31. The third-order valence-electron chi connectivity index (χ3n) is 5.80. The monoisotopic (exact) mass is 433 g/mol. The van der Waals surface area contributed by atoms with Crippen molar-refractivity contribution >= 4 is 11.8 Å². The summed E-state index contributed by atoms with van der Waals surface area (Å²) in [5.41, 5.74) is 0.988. The summed E-state index contributed by atoms with van der Waals surface area (Å²) >= 11 is 0. The van der Waals surface area contributed by atoms with Gasteiger partial charge in [0.2, 0.25) is 11.8 Å². The number of piperidine rings is 1. The second kappa shape index (κ2) is 11.4. The van der Waals surface area contributed by atoms with Crippen LogP contribution in [0.1, 0.15) is 38.7 Å². The van der Waals surface area contributed by atoms with Gasteiger partial charge in [-0.3, -0.25) is 9.59 Å². The minimum atomic E-state index is -0.0160. The maximum Gasteiger partial charge on any atom is 0.223 e. The zero-order chi connectivity index (χ0) is 23.0. The molecule has 2 amide bonds. The Balaban J connectivity index is 1.79. The minimum absolute atomic E-state index is 0.0160. The molecule has 0 aromatic heterocycles. The van der Waals surface area contributed by atoms with Crippen molar-refractivity contribution in [1.29, 1.82) is 0 Å². The molecule has 0 spiro atoms. The molecule has 1 N–H and O–H groups in total. The molecule has 0 saturated carbocycles. The second-order valence-electron chi connectivity index (χ2n) is 9.43. The lowest BCUT2D eigenvalue weighted by molar-refractivity contribution is -0.135. The fraction of sp³-hybridized carbons (Fsp3) is 0.667. The lowest BCUT2D eigenvalue weighted by Gasteiger charge is -2.33. The summed E-state index contributed by atoms with van der Waals surface area (Å²) in [5.74, 6) is 1.58. The first-order valence-corrected chi connectivity index (χ1v) is 11.1. The van der Waals surface area contributed by atoms with Crippen LogP contribution in [0.25, 0.3) is 0 Å². The van der Waals surface area contributed by atoms with Gasteiger partial charge in [0.15, 0.2) is 11.5 Å². The number of hydrogen-bond donors (Lipinski definition) is 1. The van der Waals surface area contributed by atoms with E-state index in [4.69, 9.17) is 9.47 Å². The maximum absolute atomic E-state index is 12.7. The molecular formula is C24H39N3O4. The Bertz CT molecular complexity index is 740. The van der Waals surface area contributed by atoms with Gasteiger partial charge in [-0.2, -0.15) is 0 Å². The molecule has 1 aliphatic rings. The number of benzene rings is 1. The zero-order valence-electron chi connectivity index (χ0n) is 20.0. The predicted octanol–water partition coefficient (Wildman–Crippen LogP) is 2.58. The van der Waals surface area contributed by atoms with E-state index in [1.807, 2.05) is 37.2 Å². The molecule has 1 aromatic carbocycles. The Kier molecular flexibility index (Phi) is 9.16. The van der Waals surface area contributed by atoms with Crippen LogP contribution in [-0.4, -0.2) is 76.1 Å². The number of rotatable bonds is 10. The number of para-hydroxylation sites is 1. The molecule has 0 bridgehead atoms. The first kappa shape index (κ1) is 25.0. The van der Waals surface area contributed by atoms with Crippen LogP contribution >= 0.6 is 0 Å². The van der Waals surface area contributed by atoms with Gasteiger partial charge in [0.05, 0.1) is 14.2 Å². The highest BCUT2D eigenvalue weighted by Gasteiger charge is 2.28. The number of amides is 2. The Labute approximate surface area is 187 Å². The number of carbonyl (C=O) groups is 2. The predicted molar refractivity (Wildman–Crippen MR) is 123 cm³/mol. The molecule has 174 valence electrons. The zero-order valence-corrected chi connectivity index (χ0v) is 20.0. The lowest BCUT2D eigenvalue weighted by atomic mass is 9.91. The van der Waals surface area contributed by atoms with E-state index in [0.717, 1.165) is 12.1 Å². The van der Waals surface area contributed by atoms with Crippen LogP contribution < -0.4 is 14.8 Å². The summed E-state index contributed by atoms with van der Waals surface area (Å²) < 4.78 is 10.8. The fourth-order valence-electron chi connectivity index (χ4n) is 4.32. The van der Waals surface area contributed by atoms with Gasteiger partial charge in [-0.25, -0.2) is 0 Å². The lowest BCUT2D eigenvalue weighted by Crippen LogP contribution is -2.46. The maximum atomic E-state index is 12.7. The molecule has 0 unspecified atom stereocenters. The molecule has 0 aliphatic carbocycles. The molecule has 7 heteroatoms. The van der Waals surface area contributed by atoms with E-state index in [9.17, 15) is 9.59 Å². The summed E-state index contributed by atoms with van der Waals surface area (Å²) in [5, 5.41) is 3.12. The standard InChI is InChI=1S/C24H39N3O4/c1-24(2,17-26(3)4)16-25-23(29)19-12-14-27(15-13-19)21(28)11-10-18-8-7-9-20(30-5)22(18)31-6/h7-9,19H,10-17H2,1-6H3,(H,25,29). The summed E-state index contributed by atoms with van der Waals surface area (Å²) in [6.45, 7) is 7.15. The number of methoxy groups -OCH3 is 2. The molecular weight excluding hydrogens is 394 g/mol. The van der Waals surface area contributed by atoms with Crippen LogP contribution in [0, 0.1) is 11.3 Å². The van der Waals surface area contributed by atoms with Crippen LogP contribution in [0.3, 0.4) is 0 Å². The molecule has 7 nitrogen and oxygen atoms in total. The molecule has 0 atom stereocenters. The van der Waals surface area contributed by atoms with E-state index >= 15 is 0 Å². The molecule has 1 aromatic rings. The minimum Gasteiger partial charge on any atom is -0.493 e. The van der Waals surface area contributed by atoms with Gasteiger partial charge in [-0.15, -0.1) is 0 Å². The number of aryl methyl sites for hydroxylation is 1. The highest BCUT2D eigenvalue weighted by atomic mass is 16.5. The molecule has 31 heavy (non-hydrogen) atoms. The molecule has 0 radical (unpaired) electrons. The smallest absolute Gasteiger partial charge is 0.223 e. The Morgan fingerprint density at radius 3 is 2.42 bits per heavy atom. The van der Waals surface area contributed by atoms with Crippen LogP contribution in [0.5, 0.6) is 11.5 Å². The van der Waals surface area contributed by atoms with Crippen molar-refractivity contribution in [2.75, 3.05) is 54.5 Å². The number of likely N-dealkylation sites (tertiary alicyclic amines) is 1. The van der Waals surface area contributed by atoms with E-state index in [-0.39, 0.29) is 23.1 Å². The first-order chi connectivity index (χ1) is 14.7. The van der Waals surface area contributed by atoms with Crippen molar-refractivity contribution in [3.05, 3.63) is 23.8 Å². The largest absolute Gasteiger partial charge is 0.493 e. The summed E-state index contributed by atoms with van der Waals surface area (Å²) in [7, 11) is 7.30. The summed E-state index contributed by atoms with van der Waals surface area (Å²) in [4.78, 5) is 29.3. The normalized spacial score (nSPS) is 15.1. The number of nitrogens with zero attached hydrogens (tertiary/aromatic N) is 2. The van der Waals surface area contributed by atoms with Gasteiger partial charge >= 0.3 is 0 Å². The average Bonchev–Trinajstić information content (AvgIpc) is 2.74. The van der Waals surface area contributed by atoms with Crippen LogP contribution in [0.2, 0.25) is 0 Å². The SMILES string of the molecule is COc1cccc(CCC(=O)N2CCC(C(=O)NCC(C)(C)CN(C)C)CC2)c1OC. The van der Waals surface area contributed by atoms with E-state index in [1.54, 1.807) is 14.2 Å². The number of nitrogens with one attached hydrogen (secondary N) is 1. The van der Waals surface area contributed by atoms with Crippen LogP contribution in [0.4, 0.5) is 0 Å². The van der Waals surface area contributed by atoms with Crippen molar-refractivity contribution in [2.45, 2.75) is 39.5 Å². The van der Waals surface area contributed by atoms with Crippen molar-refractivity contribution in [3.63, 3.8) is 0 Å². The fourth-order valence-corrected chi connectivity index (χ4v) is 4.32. The molecule has 2 rings (SSSR count). The van der Waals surface area contributed by atoms with E-state index in [0.29, 0.717) is 56.8 Å². The molecule has 1 heterocycles. The second-order valence-corrected chi connectivity index (χ2v) is 9.43. The van der Waals surface area contributed by atoms with Gasteiger partial charge in [0.1, 0.15) is 0 Å². The summed E-state index contributed by atoms with van der Waals surface area (Å²) in [6.07, 6.45) is 2.45. The van der Waals surface area contributed by atoms with Gasteiger partial charge < -0.3 is 24.6 Å². The first-order valence-electron chi connectivity index (χ1n) is 11.1. The Morgan fingerprint density at radius 1 is 1.16 bits per heavy atom. The quantitative estimate of drug-likeness (QED) is 0.614. The Morgan fingerprint density at radius 2 is 1.84 bits per heavy atom. The highest BCUT2D eigenvalue weighted by molar-refractivity contribution is 5.80. The van der Waals surface area contributed by atoms with Gasteiger partial charge in [-0.1, -0.05) is 26.0 Å². The van der Waals surface area contributed by atoms with Gasteiger partial charge in [0.25, 0.3) is 0 Å². The topological polar surface area (TPSA) is 71.1 Å². The number of carbonyl (C=O) groups excluding carboxylic acids is 2. The van der Waals surface area contributed by atoms with Crippen molar-refractivity contribution < 1.29 is 19.1 Å². The van der Waals surface area contributed by atoms with Crippen LogP contribution in [-0.2, 0) is 16.0 Å². The van der Waals surface area contributed by atoms with Gasteiger partial charge in [0, 0.05) is 38.5 Å². The van der Waals surface area contributed by atoms with Crippen molar-refractivity contribution in [1.82, 2.24) is 15.1 Å². The average molecular weight is 434 g/mol. The van der Waals surface area contributed by atoms with E-state index in [1.165, 1.54) is 0 Å². The van der Waals surface area contributed by atoms with E-state index in [2.05, 4.69) is 24.1 Å². The van der Waals surface area contributed by atoms with E-state index < -0.39 is 0 Å². The number of ether oxygens (including phenoxy) is 2. The van der Waals surface area contributed by atoms with Crippen molar-refractivity contribution in [3.8, 4) is 11.5 Å². The molecule has 1 saturated heterocycles. The summed E-state index contributed by atoms with van der Waals surface area (Å²) in [6, 6.07) is 5.72. The molecule has 1 fully saturated rings.